The van der Waals surface area contributed by atoms with Crippen molar-refractivity contribution in [2.24, 2.45) is 5.92 Å². The molecule has 1 saturated heterocycles. The fourth-order valence-electron chi connectivity index (χ4n) is 4.64. The monoisotopic (exact) mass is 376 g/mol. The summed E-state index contributed by atoms with van der Waals surface area (Å²) in [4.78, 5) is 15.2. The van der Waals surface area contributed by atoms with Gasteiger partial charge in [0.15, 0.2) is 0 Å². The smallest absolute Gasteiger partial charge is 0.251 e. The number of benzene rings is 2. The van der Waals surface area contributed by atoms with Crippen molar-refractivity contribution in [2.75, 3.05) is 18.0 Å². The molecule has 1 N–H and O–H groups in total. The third-order valence-electron chi connectivity index (χ3n) is 6.37. The molecule has 3 nitrogen and oxygen atoms in total. The normalized spacial score (nSPS) is 20.4. The van der Waals surface area contributed by atoms with E-state index in [1.54, 1.807) is 0 Å². The molecule has 1 heterocycles. The molecule has 0 saturated carbocycles. The summed E-state index contributed by atoms with van der Waals surface area (Å²) in [6, 6.07) is 14.9. The standard InChI is InChI=1S/C25H32N2O/c1-18-6-5-15-27(17-18)24-13-11-20(12-14-24)19(2)26-25(28)23-10-9-21-7-3-4-8-22(21)16-23/h9-14,16,18-19H,3-8,15,17H2,1-2H3,(H,26,28)/t18-,19-/m1/s1. The Hall–Kier alpha value is -2.29. The number of fused-ring (bicyclic) bond motifs is 1. The minimum atomic E-state index is -0.00198. The largest absolute Gasteiger partial charge is 0.371 e. The molecule has 4 rings (SSSR count). The summed E-state index contributed by atoms with van der Waals surface area (Å²) in [6.07, 6.45) is 7.35. The van der Waals surface area contributed by atoms with Crippen LogP contribution in [-0.4, -0.2) is 19.0 Å². The van der Waals surface area contributed by atoms with Crippen LogP contribution in [-0.2, 0) is 12.8 Å². The number of piperidine rings is 1. The second kappa shape index (κ2) is 8.38. The Morgan fingerprint density at radius 2 is 1.79 bits per heavy atom. The molecule has 0 aromatic heterocycles. The second-order valence-corrected chi connectivity index (χ2v) is 8.67. The van der Waals surface area contributed by atoms with Crippen molar-refractivity contribution in [1.82, 2.24) is 5.32 Å². The molecule has 3 heteroatoms. The van der Waals surface area contributed by atoms with E-state index in [0.717, 1.165) is 43.0 Å². The van der Waals surface area contributed by atoms with E-state index in [4.69, 9.17) is 0 Å². The van der Waals surface area contributed by atoms with Crippen molar-refractivity contribution in [3.8, 4) is 0 Å². The lowest BCUT2D eigenvalue weighted by Crippen LogP contribution is -2.34. The topological polar surface area (TPSA) is 32.3 Å². The molecule has 0 radical (unpaired) electrons. The Morgan fingerprint density at radius 3 is 2.54 bits per heavy atom. The van der Waals surface area contributed by atoms with Crippen molar-refractivity contribution >= 4 is 11.6 Å². The fraction of sp³-hybridized carbons (Fsp3) is 0.480. The van der Waals surface area contributed by atoms with Crippen LogP contribution in [0.3, 0.4) is 0 Å². The number of carbonyl (C=O) groups excluding carboxylic acids is 1. The average Bonchev–Trinajstić information content (AvgIpc) is 2.73. The van der Waals surface area contributed by atoms with Gasteiger partial charge >= 0.3 is 0 Å². The van der Waals surface area contributed by atoms with E-state index in [2.05, 4.69) is 60.5 Å². The van der Waals surface area contributed by atoms with Crippen LogP contribution in [0.1, 0.15) is 72.6 Å². The zero-order valence-corrected chi connectivity index (χ0v) is 17.2. The zero-order valence-electron chi connectivity index (χ0n) is 17.2. The molecule has 1 aliphatic carbocycles. The highest BCUT2D eigenvalue weighted by molar-refractivity contribution is 5.94. The predicted molar refractivity (Wildman–Crippen MR) is 116 cm³/mol. The molecule has 2 aromatic rings. The van der Waals surface area contributed by atoms with E-state index in [1.165, 1.54) is 42.5 Å². The van der Waals surface area contributed by atoms with Crippen LogP contribution in [0, 0.1) is 5.92 Å². The van der Waals surface area contributed by atoms with Gasteiger partial charge in [-0.05, 0) is 92.3 Å². The van der Waals surface area contributed by atoms with Crippen LogP contribution >= 0.6 is 0 Å². The van der Waals surface area contributed by atoms with Gasteiger partial charge in [0.25, 0.3) is 5.91 Å². The van der Waals surface area contributed by atoms with Gasteiger partial charge in [0.2, 0.25) is 0 Å². The molecule has 148 valence electrons. The van der Waals surface area contributed by atoms with E-state index < -0.39 is 0 Å². The van der Waals surface area contributed by atoms with Gasteiger partial charge in [0.1, 0.15) is 0 Å². The van der Waals surface area contributed by atoms with Gasteiger partial charge in [-0.15, -0.1) is 0 Å². The van der Waals surface area contributed by atoms with Gasteiger partial charge in [-0.2, -0.15) is 0 Å². The van der Waals surface area contributed by atoms with Crippen molar-refractivity contribution in [1.29, 1.82) is 0 Å². The van der Waals surface area contributed by atoms with Crippen LogP contribution in [0.5, 0.6) is 0 Å². The van der Waals surface area contributed by atoms with Gasteiger partial charge < -0.3 is 10.2 Å². The maximum absolute atomic E-state index is 12.7. The van der Waals surface area contributed by atoms with Crippen LogP contribution in [0.15, 0.2) is 42.5 Å². The Morgan fingerprint density at radius 1 is 1.04 bits per heavy atom. The Bertz CT molecular complexity index is 827. The van der Waals surface area contributed by atoms with E-state index in [0.29, 0.717) is 0 Å². The van der Waals surface area contributed by atoms with E-state index in [-0.39, 0.29) is 11.9 Å². The Labute approximate surface area is 169 Å². The van der Waals surface area contributed by atoms with Crippen molar-refractivity contribution in [2.45, 2.75) is 58.4 Å². The third kappa shape index (κ3) is 4.24. The van der Waals surface area contributed by atoms with Gasteiger partial charge in [0.05, 0.1) is 6.04 Å². The maximum Gasteiger partial charge on any atom is 0.251 e. The summed E-state index contributed by atoms with van der Waals surface area (Å²) in [5.74, 6) is 0.790. The number of carbonyl (C=O) groups is 1. The van der Waals surface area contributed by atoms with Crippen LogP contribution < -0.4 is 10.2 Å². The predicted octanol–water partition coefficient (Wildman–Crippen LogP) is 5.29. The summed E-state index contributed by atoms with van der Waals surface area (Å²) in [5.41, 5.74) is 6.00. The van der Waals surface area contributed by atoms with Crippen LogP contribution in [0.4, 0.5) is 5.69 Å². The average molecular weight is 377 g/mol. The van der Waals surface area contributed by atoms with Gasteiger partial charge in [0, 0.05) is 24.3 Å². The molecule has 2 aromatic carbocycles. The van der Waals surface area contributed by atoms with Crippen LogP contribution in [0.2, 0.25) is 0 Å². The number of anilines is 1. The van der Waals surface area contributed by atoms with Crippen molar-refractivity contribution in [3.63, 3.8) is 0 Å². The number of nitrogens with one attached hydrogen (secondary N) is 1. The molecule has 0 spiro atoms. The summed E-state index contributed by atoms with van der Waals surface area (Å²) >= 11 is 0. The molecule has 1 fully saturated rings. The number of aryl methyl sites for hydroxylation is 2. The molecule has 2 atom stereocenters. The molecule has 0 unspecified atom stereocenters. The first-order chi connectivity index (χ1) is 13.6. The first-order valence-electron chi connectivity index (χ1n) is 10.9. The quantitative estimate of drug-likeness (QED) is 0.786. The Balaban J connectivity index is 1.40. The molecule has 0 bridgehead atoms. The third-order valence-corrected chi connectivity index (χ3v) is 6.37. The van der Waals surface area contributed by atoms with Crippen molar-refractivity contribution < 1.29 is 4.79 Å². The number of hydrogen-bond acceptors (Lipinski definition) is 2. The van der Waals surface area contributed by atoms with Gasteiger partial charge in [-0.25, -0.2) is 0 Å². The molecular weight excluding hydrogens is 344 g/mol. The minimum Gasteiger partial charge on any atom is -0.371 e. The lowest BCUT2D eigenvalue weighted by Gasteiger charge is -2.33. The molecule has 1 aliphatic heterocycles. The second-order valence-electron chi connectivity index (χ2n) is 8.67. The van der Waals surface area contributed by atoms with Gasteiger partial charge in [-0.3, -0.25) is 4.79 Å². The highest BCUT2D eigenvalue weighted by Gasteiger charge is 2.18. The first kappa shape index (κ1) is 19.0. The Kier molecular flexibility index (Phi) is 5.70. The summed E-state index contributed by atoms with van der Waals surface area (Å²) in [5, 5.41) is 3.17. The van der Waals surface area contributed by atoms with Gasteiger partial charge in [-0.1, -0.05) is 25.1 Å². The zero-order chi connectivity index (χ0) is 19.5. The lowest BCUT2D eigenvalue weighted by atomic mass is 9.90. The molecule has 2 aliphatic rings. The SMILES string of the molecule is C[C@@H]1CCCN(c2ccc([C@@H](C)NC(=O)c3ccc4c(c3)CCCC4)cc2)C1. The molecular formula is C25H32N2O. The summed E-state index contributed by atoms with van der Waals surface area (Å²) in [6.45, 7) is 6.69. The summed E-state index contributed by atoms with van der Waals surface area (Å²) < 4.78 is 0. The highest BCUT2D eigenvalue weighted by atomic mass is 16.1. The van der Waals surface area contributed by atoms with Crippen molar-refractivity contribution in [3.05, 3.63) is 64.7 Å². The number of amides is 1. The fourth-order valence-corrected chi connectivity index (χ4v) is 4.64. The maximum atomic E-state index is 12.7. The minimum absolute atomic E-state index is 0.00198. The number of hydrogen-bond donors (Lipinski definition) is 1. The van der Waals surface area contributed by atoms with E-state index in [1.807, 2.05) is 6.07 Å². The number of nitrogens with zero attached hydrogens (tertiary/aromatic N) is 1. The lowest BCUT2D eigenvalue weighted by molar-refractivity contribution is 0.0939. The number of rotatable bonds is 4. The van der Waals surface area contributed by atoms with E-state index >= 15 is 0 Å². The summed E-state index contributed by atoms with van der Waals surface area (Å²) in [7, 11) is 0. The van der Waals surface area contributed by atoms with E-state index in [9.17, 15) is 4.79 Å². The highest BCUT2D eigenvalue weighted by Crippen LogP contribution is 2.25. The first-order valence-corrected chi connectivity index (χ1v) is 10.9. The molecule has 1 amide bonds. The van der Waals surface area contributed by atoms with Crippen LogP contribution in [0.25, 0.3) is 0 Å². The molecule has 28 heavy (non-hydrogen) atoms.